The highest BCUT2D eigenvalue weighted by Crippen LogP contribution is 2.20. The Morgan fingerprint density at radius 3 is 3.06 bits per heavy atom. The molecule has 0 amide bonds. The number of nitrogens with one attached hydrogen (secondary N) is 2. The first-order valence-corrected chi connectivity index (χ1v) is 5.74. The van der Waals surface area contributed by atoms with Gasteiger partial charge in [0.05, 0.1) is 12.8 Å². The van der Waals surface area contributed by atoms with Crippen LogP contribution in [-0.4, -0.2) is 26.8 Å². The summed E-state index contributed by atoms with van der Waals surface area (Å²) in [6, 6.07) is 1.60. The predicted molar refractivity (Wildman–Crippen MR) is 65.6 cm³/mol. The summed E-state index contributed by atoms with van der Waals surface area (Å²) in [5.74, 6) is 6.89. The molecule has 18 heavy (non-hydrogen) atoms. The molecule has 96 valence electrons. The molecule has 0 spiro atoms. The Morgan fingerprint density at radius 1 is 1.50 bits per heavy atom. The fourth-order valence-corrected chi connectivity index (χ4v) is 1.58. The Labute approximate surface area is 105 Å². The summed E-state index contributed by atoms with van der Waals surface area (Å²) in [6.45, 7) is 2.71. The predicted octanol–water partition coefficient (Wildman–Crippen LogP) is 0.541. The van der Waals surface area contributed by atoms with Crippen molar-refractivity contribution in [3.8, 4) is 5.75 Å². The van der Waals surface area contributed by atoms with Crippen molar-refractivity contribution in [1.29, 1.82) is 0 Å². The lowest BCUT2D eigenvalue weighted by atomic mass is 10.1. The molecule has 0 aliphatic heterocycles. The maximum atomic E-state index is 5.54. The van der Waals surface area contributed by atoms with Gasteiger partial charge in [-0.1, -0.05) is 6.92 Å². The average molecular weight is 248 g/mol. The monoisotopic (exact) mass is 248 g/mol. The molecule has 1 atom stereocenters. The number of nitrogens with two attached hydrogens (primary N) is 1. The van der Waals surface area contributed by atoms with Crippen molar-refractivity contribution in [2.75, 3.05) is 6.61 Å². The molecule has 1 unspecified atom stereocenters. The lowest BCUT2D eigenvalue weighted by Gasteiger charge is -2.14. The van der Waals surface area contributed by atoms with Crippen LogP contribution in [0.15, 0.2) is 24.8 Å². The van der Waals surface area contributed by atoms with E-state index in [4.69, 9.17) is 10.6 Å². The normalized spacial score (nSPS) is 12.3. The summed E-state index contributed by atoms with van der Waals surface area (Å²) in [7, 11) is 0. The number of nitrogens with zero attached hydrogens (tertiary/aromatic N) is 3. The summed E-state index contributed by atoms with van der Waals surface area (Å²) in [6.07, 6.45) is 5.77. The summed E-state index contributed by atoms with van der Waals surface area (Å²) in [4.78, 5) is 8.21. The number of H-pyrrole nitrogens is 1. The molecule has 4 N–H and O–H groups in total. The fourth-order valence-electron chi connectivity index (χ4n) is 1.58. The summed E-state index contributed by atoms with van der Waals surface area (Å²) >= 11 is 0. The van der Waals surface area contributed by atoms with Crippen LogP contribution in [0.4, 0.5) is 0 Å². The van der Waals surface area contributed by atoms with Crippen LogP contribution in [0.25, 0.3) is 0 Å². The second kappa shape index (κ2) is 6.08. The van der Waals surface area contributed by atoms with Gasteiger partial charge in [0.2, 0.25) is 0 Å². The number of hydrogen-bond donors (Lipinski definition) is 3. The van der Waals surface area contributed by atoms with E-state index in [9.17, 15) is 0 Å². The smallest absolute Gasteiger partial charge is 0.147 e. The minimum absolute atomic E-state index is 0.287. The number of hydrazine groups is 1. The van der Waals surface area contributed by atoms with Crippen molar-refractivity contribution >= 4 is 0 Å². The summed E-state index contributed by atoms with van der Waals surface area (Å²) in [5.41, 5.74) is 3.54. The quantitative estimate of drug-likeness (QED) is 0.509. The zero-order valence-corrected chi connectivity index (χ0v) is 10.1. The molecule has 0 saturated carbocycles. The van der Waals surface area contributed by atoms with Gasteiger partial charge in [0.15, 0.2) is 0 Å². The highest BCUT2D eigenvalue weighted by Gasteiger charge is 2.16. The third kappa shape index (κ3) is 2.82. The van der Waals surface area contributed by atoms with Gasteiger partial charge < -0.3 is 4.74 Å². The lowest BCUT2D eigenvalue weighted by Crippen LogP contribution is -2.29. The van der Waals surface area contributed by atoms with Crippen molar-refractivity contribution < 1.29 is 4.74 Å². The topological polar surface area (TPSA) is 102 Å². The first-order chi connectivity index (χ1) is 8.85. The first kappa shape index (κ1) is 12.5. The van der Waals surface area contributed by atoms with Gasteiger partial charge >= 0.3 is 0 Å². The molecular formula is C11H16N6O. The highest BCUT2D eigenvalue weighted by atomic mass is 16.5. The SMILES string of the molecule is CCCOc1cncc(C(NN)c2ncn[nH]2)c1. The van der Waals surface area contributed by atoms with E-state index in [2.05, 4.69) is 32.5 Å². The minimum Gasteiger partial charge on any atom is -0.492 e. The van der Waals surface area contributed by atoms with E-state index in [0.29, 0.717) is 18.2 Å². The van der Waals surface area contributed by atoms with Gasteiger partial charge in [-0.05, 0) is 18.1 Å². The number of pyridine rings is 1. The Kier molecular flexibility index (Phi) is 4.21. The molecule has 0 saturated heterocycles. The molecule has 2 aromatic heterocycles. The first-order valence-electron chi connectivity index (χ1n) is 5.74. The third-order valence-electron chi connectivity index (χ3n) is 2.41. The summed E-state index contributed by atoms with van der Waals surface area (Å²) < 4.78 is 5.53. The molecule has 0 radical (unpaired) electrons. The van der Waals surface area contributed by atoms with Crippen LogP contribution < -0.4 is 16.0 Å². The maximum Gasteiger partial charge on any atom is 0.147 e. The summed E-state index contributed by atoms with van der Waals surface area (Å²) in [5, 5.41) is 6.58. The van der Waals surface area contributed by atoms with Crippen LogP contribution in [0.2, 0.25) is 0 Å². The molecular weight excluding hydrogens is 232 g/mol. The van der Waals surface area contributed by atoms with Gasteiger partial charge in [-0.15, -0.1) is 0 Å². The van der Waals surface area contributed by atoms with Crippen LogP contribution >= 0.6 is 0 Å². The van der Waals surface area contributed by atoms with E-state index in [1.165, 1.54) is 6.33 Å². The molecule has 2 heterocycles. The van der Waals surface area contributed by atoms with Crippen LogP contribution in [0.5, 0.6) is 5.75 Å². The van der Waals surface area contributed by atoms with E-state index in [1.54, 1.807) is 12.4 Å². The number of ether oxygens (including phenoxy) is 1. The zero-order chi connectivity index (χ0) is 12.8. The Balaban J connectivity index is 2.20. The number of rotatable bonds is 6. The number of hydrogen-bond acceptors (Lipinski definition) is 6. The van der Waals surface area contributed by atoms with Crippen LogP contribution in [0, 0.1) is 0 Å². The van der Waals surface area contributed by atoms with Gasteiger partial charge in [-0.2, -0.15) is 5.10 Å². The van der Waals surface area contributed by atoms with E-state index in [1.807, 2.05) is 6.07 Å². The maximum absolute atomic E-state index is 5.54. The Morgan fingerprint density at radius 2 is 2.39 bits per heavy atom. The Hall–Kier alpha value is -1.99. The largest absolute Gasteiger partial charge is 0.492 e. The number of aromatic amines is 1. The lowest BCUT2D eigenvalue weighted by molar-refractivity contribution is 0.315. The van der Waals surface area contributed by atoms with E-state index >= 15 is 0 Å². The van der Waals surface area contributed by atoms with Gasteiger partial charge in [-0.25, -0.2) is 10.4 Å². The van der Waals surface area contributed by atoms with Crippen molar-refractivity contribution in [2.24, 2.45) is 5.84 Å². The van der Waals surface area contributed by atoms with Crippen molar-refractivity contribution in [1.82, 2.24) is 25.6 Å². The van der Waals surface area contributed by atoms with E-state index in [0.717, 1.165) is 12.0 Å². The van der Waals surface area contributed by atoms with Crippen LogP contribution in [0.3, 0.4) is 0 Å². The van der Waals surface area contributed by atoms with Gasteiger partial charge in [0.25, 0.3) is 0 Å². The molecule has 7 heteroatoms. The second-order valence-electron chi connectivity index (χ2n) is 3.77. The van der Waals surface area contributed by atoms with Gasteiger partial charge in [0.1, 0.15) is 23.9 Å². The molecule has 2 rings (SSSR count). The second-order valence-corrected chi connectivity index (χ2v) is 3.77. The average Bonchev–Trinajstić information content (AvgIpc) is 2.92. The molecule has 0 bridgehead atoms. The zero-order valence-electron chi connectivity index (χ0n) is 10.1. The van der Waals surface area contributed by atoms with E-state index < -0.39 is 0 Å². The van der Waals surface area contributed by atoms with E-state index in [-0.39, 0.29) is 6.04 Å². The van der Waals surface area contributed by atoms with Gasteiger partial charge in [-0.3, -0.25) is 15.9 Å². The fraction of sp³-hybridized carbons (Fsp3) is 0.364. The molecule has 0 aliphatic rings. The van der Waals surface area contributed by atoms with Crippen molar-refractivity contribution in [3.63, 3.8) is 0 Å². The van der Waals surface area contributed by atoms with Crippen LogP contribution in [0.1, 0.15) is 30.8 Å². The van der Waals surface area contributed by atoms with Crippen molar-refractivity contribution in [3.05, 3.63) is 36.2 Å². The Bertz CT molecular complexity index is 472. The molecule has 0 aromatic carbocycles. The molecule has 0 aliphatic carbocycles. The molecule has 2 aromatic rings. The molecule has 0 fully saturated rings. The minimum atomic E-state index is -0.287. The van der Waals surface area contributed by atoms with Gasteiger partial charge in [0, 0.05) is 6.20 Å². The molecule has 7 nitrogen and oxygen atoms in total. The standard InChI is InChI=1S/C11H16N6O/c1-2-3-18-9-4-8(5-13-6-9)10(16-12)11-14-7-15-17-11/h4-7,10,16H,2-3,12H2,1H3,(H,14,15,17). The van der Waals surface area contributed by atoms with Crippen LogP contribution in [-0.2, 0) is 0 Å². The highest BCUT2D eigenvalue weighted by molar-refractivity contribution is 5.29. The van der Waals surface area contributed by atoms with Crippen molar-refractivity contribution in [2.45, 2.75) is 19.4 Å². The third-order valence-corrected chi connectivity index (χ3v) is 2.41. The number of aromatic nitrogens is 4.